The molecular weight excluding hydrogens is 162 g/mol. The smallest absolute Gasteiger partial charge is 0.220 e. The molecule has 1 heterocycles. The number of hydrogen-bond donors (Lipinski definition) is 1. The van der Waals surface area contributed by atoms with Gasteiger partial charge in [-0.1, -0.05) is 34.1 Å². The average molecular weight is 183 g/mol. The van der Waals surface area contributed by atoms with Gasteiger partial charge in [0.2, 0.25) is 5.91 Å². The van der Waals surface area contributed by atoms with E-state index in [4.69, 9.17) is 0 Å². The second-order valence-corrected chi connectivity index (χ2v) is 4.52. The Bertz CT molecular complexity index is 202. The van der Waals surface area contributed by atoms with E-state index in [1.807, 2.05) is 0 Å². The number of nitrogens with one attached hydrogen (secondary N) is 1. The van der Waals surface area contributed by atoms with Crippen LogP contribution >= 0.6 is 0 Å². The molecule has 0 bridgehead atoms. The van der Waals surface area contributed by atoms with E-state index in [1.165, 1.54) is 0 Å². The molecule has 2 nitrogen and oxygen atoms in total. The van der Waals surface area contributed by atoms with Crippen LogP contribution in [0.1, 0.15) is 47.0 Å². The minimum Gasteiger partial charge on any atom is -0.353 e. The molecule has 1 amide bonds. The van der Waals surface area contributed by atoms with Gasteiger partial charge >= 0.3 is 0 Å². The van der Waals surface area contributed by atoms with Crippen molar-refractivity contribution in [2.24, 2.45) is 11.3 Å². The molecule has 76 valence electrons. The van der Waals surface area contributed by atoms with E-state index in [2.05, 4.69) is 33.0 Å². The summed E-state index contributed by atoms with van der Waals surface area (Å²) in [7, 11) is 0. The largest absolute Gasteiger partial charge is 0.353 e. The maximum absolute atomic E-state index is 11.3. The maximum atomic E-state index is 11.3. The molecule has 1 aliphatic heterocycles. The Labute approximate surface area is 81.1 Å². The van der Waals surface area contributed by atoms with Crippen LogP contribution in [0.5, 0.6) is 0 Å². The molecule has 13 heavy (non-hydrogen) atoms. The first-order valence-electron chi connectivity index (χ1n) is 5.34. The summed E-state index contributed by atoms with van der Waals surface area (Å²) in [6.45, 7) is 8.85. The summed E-state index contributed by atoms with van der Waals surface area (Å²) in [6, 6.07) is 0.384. The monoisotopic (exact) mass is 183 g/mol. The molecule has 1 rings (SSSR count). The van der Waals surface area contributed by atoms with Crippen LogP contribution in [0.2, 0.25) is 0 Å². The summed E-state index contributed by atoms with van der Waals surface area (Å²) < 4.78 is 0. The van der Waals surface area contributed by atoms with Crippen molar-refractivity contribution in [2.75, 3.05) is 0 Å². The third-order valence-corrected chi connectivity index (χ3v) is 3.82. The lowest BCUT2D eigenvalue weighted by Crippen LogP contribution is -2.38. The van der Waals surface area contributed by atoms with Gasteiger partial charge in [-0.25, -0.2) is 0 Å². The SMILES string of the molecule is CCC(C)C1(C)CC(=O)NC1CC. The molecule has 0 aromatic carbocycles. The van der Waals surface area contributed by atoms with Gasteiger partial charge in [-0.15, -0.1) is 0 Å². The van der Waals surface area contributed by atoms with Crippen LogP contribution in [0.4, 0.5) is 0 Å². The second-order valence-electron chi connectivity index (χ2n) is 4.52. The van der Waals surface area contributed by atoms with Crippen molar-refractivity contribution < 1.29 is 4.79 Å². The molecule has 2 heteroatoms. The zero-order chi connectivity index (χ0) is 10.1. The first-order chi connectivity index (χ1) is 6.04. The summed E-state index contributed by atoms with van der Waals surface area (Å²) >= 11 is 0. The highest BCUT2D eigenvalue weighted by molar-refractivity contribution is 5.79. The van der Waals surface area contributed by atoms with Crippen LogP contribution in [-0.4, -0.2) is 11.9 Å². The summed E-state index contributed by atoms with van der Waals surface area (Å²) in [4.78, 5) is 11.3. The van der Waals surface area contributed by atoms with Gasteiger partial charge in [0, 0.05) is 12.5 Å². The van der Waals surface area contributed by atoms with Gasteiger partial charge in [0.05, 0.1) is 0 Å². The van der Waals surface area contributed by atoms with Crippen molar-refractivity contribution in [2.45, 2.75) is 53.0 Å². The quantitative estimate of drug-likeness (QED) is 0.715. The van der Waals surface area contributed by atoms with E-state index in [9.17, 15) is 4.79 Å². The Morgan fingerprint density at radius 3 is 2.69 bits per heavy atom. The van der Waals surface area contributed by atoms with Crippen LogP contribution in [0.15, 0.2) is 0 Å². The summed E-state index contributed by atoms with van der Waals surface area (Å²) in [5.41, 5.74) is 0.181. The lowest BCUT2D eigenvalue weighted by Gasteiger charge is -2.35. The molecule has 0 aliphatic carbocycles. The highest BCUT2D eigenvalue weighted by atomic mass is 16.2. The first-order valence-corrected chi connectivity index (χ1v) is 5.34. The normalized spacial score (nSPS) is 36.0. The molecule has 0 aromatic heterocycles. The van der Waals surface area contributed by atoms with Gasteiger partial charge in [-0.05, 0) is 17.8 Å². The highest BCUT2D eigenvalue weighted by Gasteiger charge is 2.44. The number of carbonyl (C=O) groups is 1. The Morgan fingerprint density at radius 2 is 2.23 bits per heavy atom. The minimum absolute atomic E-state index is 0.181. The Hall–Kier alpha value is -0.530. The summed E-state index contributed by atoms with van der Waals surface area (Å²) in [6.07, 6.45) is 2.91. The van der Waals surface area contributed by atoms with E-state index >= 15 is 0 Å². The van der Waals surface area contributed by atoms with E-state index in [-0.39, 0.29) is 11.3 Å². The van der Waals surface area contributed by atoms with Crippen molar-refractivity contribution in [3.63, 3.8) is 0 Å². The minimum atomic E-state index is 0.181. The number of carbonyl (C=O) groups excluding carboxylic acids is 1. The molecule has 1 saturated heterocycles. The fourth-order valence-corrected chi connectivity index (χ4v) is 2.43. The van der Waals surface area contributed by atoms with Crippen molar-refractivity contribution in [1.29, 1.82) is 0 Å². The predicted molar refractivity (Wildman–Crippen MR) is 54.4 cm³/mol. The third-order valence-electron chi connectivity index (χ3n) is 3.82. The van der Waals surface area contributed by atoms with Crippen LogP contribution in [-0.2, 0) is 4.79 Å². The van der Waals surface area contributed by atoms with Crippen molar-refractivity contribution in [3.05, 3.63) is 0 Å². The Morgan fingerprint density at radius 1 is 1.62 bits per heavy atom. The van der Waals surface area contributed by atoms with Crippen LogP contribution < -0.4 is 5.32 Å². The van der Waals surface area contributed by atoms with Gasteiger partial charge in [-0.3, -0.25) is 4.79 Å². The maximum Gasteiger partial charge on any atom is 0.220 e. The fourth-order valence-electron chi connectivity index (χ4n) is 2.43. The van der Waals surface area contributed by atoms with Gasteiger partial charge in [0.15, 0.2) is 0 Å². The van der Waals surface area contributed by atoms with E-state index in [1.54, 1.807) is 0 Å². The first kappa shape index (κ1) is 10.6. The topological polar surface area (TPSA) is 29.1 Å². The predicted octanol–water partition coefficient (Wildman–Crippen LogP) is 2.34. The second kappa shape index (κ2) is 3.69. The van der Waals surface area contributed by atoms with Gasteiger partial charge < -0.3 is 5.32 Å². The van der Waals surface area contributed by atoms with Crippen LogP contribution in [0, 0.1) is 11.3 Å². The van der Waals surface area contributed by atoms with Gasteiger partial charge in [0.25, 0.3) is 0 Å². The zero-order valence-corrected chi connectivity index (χ0v) is 9.18. The highest BCUT2D eigenvalue weighted by Crippen LogP contribution is 2.41. The van der Waals surface area contributed by atoms with Crippen molar-refractivity contribution in [1.82, 2.24) is 5.32 Å². The van der Waals surface area contributed by atoms with E-state index in [0.717, 1.165) is 12.8 Å². The molecule has 1 aliphatic rings. The van der Waals surface area contributed by atoms with Gasteiger partial charge in [-0.2, -0.15) is 0 Å². The molecule has 0 spiro atoms. The summed E-state index contributed by atoms with van der Waals surface area (Å²) in [5.74, 6) is 0.853. The van der Waals surface area contributed by atoms with Gasteiger partial charge in [0.1, 0.15) is 0 Å². The third kappa shape index (κ3) is 1.72. The van der Waals surface area contributed by atoms with E-state index < -0.39 is 0 Å². The van der Waals surface area contributed by atoms with Crippen molar-refractivity contribution in [3.8, 4) is 0 Å². The number of rotatable bonds is 3. The number of amides is 1. The zero-order valence-electron chi connectivity index (χ0n) is 9.18. The molecule has 0 aromatic rings. The lowest BCUT2D eigenvalue weighted by molar-refractivity contribution is -0.119. The van der Waals surface area contributed by atoms with E-state index in [0.29, 0.717) is 18.4 Å². The molecular formula is C11H21NO. The fraction of sp³-hybridized carbons (Fsp3) is 0.909. The number of hydrogen-bond acceptors (Lipinski definition) is 1. The molecule has 0 saturated carbocycles. The average Bonchev–Trinajstić information content (AvgIpc) is 2.40. The molecule has 1 fully saturated rings. The van der Waals surface area contributed by atoms with Crippen LogP contribution in [0.25, 0.3) is 0 Å². The Balaban J connectivity index is 2.80. The lowest BCUT2D eigenvalue weighted by atomic mass is 9.70. The molecule has 1 N–H and O–H groups in total. The van der Waals surface area contributed by atoms with Crippen molar-refractivity contribution >= 4 is 5.91 Å². The standard InChI is InChI=1S/C11H21NO/c1-5-8(3)11(4)7-10(13)12-9(11)6-2/h8-9H,5-7H2,1-4H3,(H,12,13). The molecule has 0 radical (unpaired) electrons. The van der Waals surface area contributed by atoms with Crippen LogP contribution in [0.3, 0.4) is 0 Å². The molecule has 3 unspecified atom stereocenters. The summed E-state index contributed by atoms with van der Waals surface area (Å²) in [5, 5.41) is 3.07. The Kier molecular flexibility index (Phi) is 2.99. The molecule has 3 atom stereocenters.